The first kappa shape index (κ1) is 23.3. The van der Waals surface area contributed by atoms with Crippen LogP contribution in [0.2, 0.25) is 0 Å². The van der Waals surface area contributed by atoms with Crippen LogP contribution >= 0.6 is 0 Å². The van der Waals surface area contributed by atoms with Crippen molar-refractivity contribution in [3.63, 3.8) is 0 Å². The van der Waals surface area contributed by atoms with E-state index in [-0.39, 0.29) is 41.6 Å². The standard InChI is InChI=1S/C21H24N2O8S2/c1-29-17-5-4-16(23-21(24)7-9-32(23,25)26)12-20(17)33(27,28)22-8-6-14-10-18(30-2)19(31-3)11-15(14)13-22/h4-5,10-12H,6-9,13H2,1-3H3. The third-order valence-electron chi connectivity index (χ3n) is 5.76. The molecule has 178 valence electrons. The van der Waals surface area contributed by atoms with Crippen LogP contribution in [0.15, 0.2) is 35.2 Å². The maximum Gasteiger partial charge on any atom is 0.247 e. The van der Waals surface area contributed by atoms with Crippen molar-refractivity contribution in [2.24, 2.45) is 0 Å². The van der Waals surface area contributed by atoms with Crippen LogP contribution in [0.25, 0.3) is 0 Å². The van der Waals surface area contributed by atoms with E-state index in [1.165, 1.54) is 43.8 Å². The lowest BCUT2D eigenvalue weighted by Crippen LogP contribution is -2.36. The highest BCUT2D eigenvalue weighted by atomic mass is 32.2. The summed E-state index contributed by atoms with van der Waals surface area (Å²) in [4.78, 5) is 12.0. The van der Waals surface area contributed by atoms with Gasteiger partial charge in [0, 0.05) is 19.5 Å². The Morgan fingerprint density at radius 1 is 0.879 bits per heavy atom. The quantitative estimate of drug-likeness (QED) is 0.591. The van der Waals surface area contributed by atoms with Gasteiger partial charge in [-0.2, -0.15) is 4.31 Å². The number of ether oxygens (including phenoxy) is 3. The normalized spacial score (nSPS) is 18.2. The van der Waals surface area contributed by atoms with E-state index in [9.17, 15) is 21.6 Å². The summed E-state index contributed by atoms with van der Waals surface area (Å²) in [5.41, 5.74) is 1.70. The highest BCUT2D eigenvalue weighted by Crippen LogP contribution is 2.37. The van der Waals surface area contributed by atoms with Crippen LogP contribution in [-0.4, -0.2) is 60.7 Å². The summed E-state index contributed by atoms with van der Waals surface area (Å²) in [5.74, 6) is 0.206. The summed E-state index contributed by atoms with van der Waals surface area (Å²) in [6, 6.07) is 7.48. The summed E-state index contributed by atoms with van der Waals surface area (Å²) >= 11 is 0. The minimum Gasteiger partial charge on any atom is -0.495 e. The lowest BCUT2D eigenvalue weighted by Gasteiger charge is -2.29. The molecule has 2 aromatic rings. The van der Waals surface area contributed by atoms with Gasteiger partial charge in [0.15, 0.2) is 11.5 Å². The number of hydrogen-bond donors (Lipinski definition) is 0. The highest BCUT2D eigenvalue weighted by Gasteiger charge is 2.38. The number of fused-ring (bicyclic) bond motifs is 1. The molecule has 4 rings (SSSR count). The zero-order valence-electron chi connectivity index (χ0n) is 18.4. The lowest BCUT2D eigenvalue weighted by molar-refractivity contribution is -0.116. The topological polar surface area (TPSA) is 120 Å². The molecule has 0 radical (unpaired) electrons. The predicted octanol–water partition coefficient (Wildman–Crippen LogP) is 1.53. The molecule has 1 amide bonds. The van der Waals surface area contributed by atoms with E-state index in [0.717, 1.165) is 11.1 Å². The summed E-state index contributed by atoms with van der Waals surface area (Å²) in [7, 11) is -3.56. The monoisotopic (exact) mass is 496 g/mol. The number of sulfonamides is 2. The van der Waals surface area contributed by atoms with Crippen LogP contribution in [0, 0.1) is 0 Å². The Kier molecular flexibility index (Phi) is 6.01. The second-order valence-corrected chi connectivity index (χ2v) is 11.5. The molecule has 0 N–H and O–H groups in total. The molecule has 12 heteroatoms. The molecular formula is C21H24N2O8S2. The highest BCUT2D eigenvalue weighted by molar-refractivity contribution is 7.94. The smallest absolute Gasteiger partial charge is 0.247 e. The molecule has 2 heterocycles. The zero-order valence-corrected chi connectivity index (χ0v) is 20.0. The molecule has 0 saturated carbocycles. The van der Waals surface area contributed by atoms with Gasteiger partial charge in [0.25, 0.3) is 0 Å². The van der Waals surface area contributed by atoms with E-state index in [1.807, 2.05) is 6.07 Å². The third-order valence-corrected chi connectivity index (χ3v) is 9.32. The Balaban J connectivity index is 1.74. The largest absolute Gasteiger partial charge is 0.495 e. The number of carbonyl (C=O) groups excluding carboxylic acids is 1. The number of rotatable bonds is 6. The third kappa shape index (κ3) is 4.02. The summed E-state index contributed by atoms with van der Waals surface area (Å²) in [5, 5.41) is 0. The molecule has 0 bridgehead atoms. The molecule has 0 atom stereocenters. The molecular weight excluding hydrogens is 472 g/mol. The molecule has 0 aliphatic carbocycles. The molecule has 2 aliphatic rings. The average Bonchev–Trinajstić information content (AvgIpc) is 3.09. The SMILES string of the molecule is COc1cc2c(cc1OC)CN(S(=O)(=O)c1cc(N3C(=O)CCS3(=O)=O)ccc1OC)CC2. The van der Waals surface area contributed by atoms with E-state index < -0.39 is 26.0 Å². The molecule has 2 aliphatic heterocycles. The Hall–Kier alpha value is -2.83. The predicted molar refractivity (Wildman–Crippen MR) is 120 cm³/mol. The first-order valence-electron chi connectivity index (χ1n) is 10.1. The van der Waals surface area contributed by atoms with Crippen LogP contribution in [0.3, 0.4) is 0 Å². The van der Waals surface area contributed by atoms with Gasteiger partial charge in [-0.1, -0.05) is 0 Å². The van der Waals surface area contributed by atoms with Crippen molar-refractivity contribution in [1.29, 1.82) is 0 Å². The van der Waals surface area contributed by atoms with Crippen molar-refractivity contribution in [1.82, 2.24) is 4.31 Å². The molecule has 33 heavy (non-hydrogen) atoms. The second-order valence-electron chi connectivity index (χ2n) is 7.62. The number of carbonyl (C=O) groups is 1. The van der Waals surface area contributed by atoms with E-state index in [1.54, 1.807) is 6.07 Å². The number of anilines is 1. The van der Waals surface area contributed by atoms with E-state index in [2.05, 4.69) is 0 Å². The van der Waals surface area contributed by atoms with E-state index in [0.29, 0.717) is 22.2 Å². The second kappa shape index (κ2) is 8.50. The fourth-order valence-electron chi connectivity index (χ4n) is 4.06. The Labute approximate surface area is 192 Å². The van der Waals surface area contributed by atoms with Crippen molar-refractivity contribution in [3.05, 3.63) is 41.5 Å². The fraction of sp³-hybridized carbons (Fsp3) is 0.381. The fourth-order valence-corrected chi connectivity index (χ4v) is 7.11. The van der Waals surface area contributed by atoms with Gasteiger partial charge in [-0.05, 0) is 47.9 Å². The average molecular weight is 497 g/mol. The van der Waals surface area contributed by atoms with Crippen molar-refractivity contribution in [2.75, 3.05) is 37.9 Å². The molecule has 10 nitrogen and oxygen atoms in total. The van der Waals surface area contributed by atoms with Crippen molar-refractivity contribution < 1.29 is 35.8 Å². The number of hydrogen-bond acceptors (Lipinski definition) is 8. The van der Waals surface area contributed by atoms with Gasteiger partial charge in [0.05, 0.1) is 32.8 Å². The summed E-state index contributed by atoms with van der Waals surface area (Å²) in [6.07, 6.45) is 0.306. The molecule has 0 unspecified atom stereocenters. The Morgan fingerprint density at radius 3 is 2.09 bits per heavy atom. The van der Waals surface area contributed by atoms with Gasteiger partial charge in [-0.15, -0.1) is 0 Å². The minimum atomic E-state index is -4.09. The molecule has 0 spiro atoms. The number of methoxy groups -OCH3 is 3. The van der Waals surface area contributed by atoms with E-state index >= 15 is 0 Å². The van der Waals surface area contributed by atoms with Crippen molar-refractivity contribution in [2.45, 2.75) is 24.3 Å². The maximum atomic E-state index is 13.6. The Morgan fingerprint density at radius 2 is 1.52 bits per heavy atom. The number of nitrogens with zero attached hydrogens (tertiary/aromatic N) is 2. The van der Waals surface area contributed by atoms with Gasteiger partial charge in [0.2, 0.25) is 26.0 Å². The lowest BCUT2D eigenvalue weighted by atomic mass is 10.0. The van der Waals surface area contributed by atoms with Crippen LogP contribution in [0.1, 0.15) is 17.5 Å². The zero-order chi connectivity index (χ0) is 24.0. The molecule has 1 saturated heterocycles. The summed E-state index contributed by atoms with van der Waals surface area (Å²) in [6.45, 7) is 0.297. The van der Waals surface area contributed by atoms with Crippen LogP contribution in [-0.2, 0) is 37.8 Å². The molecule has 1 fully saturated rings. The van der Waals surface area contributed by atoms with Crippen LogP contribution in [0.5, 0.6) is 17.2 Å². The first-order valence-corrected chi connectivity index (χ1v) is 13.1. The van der Waals surface area contributed by atoms with Gasteiger partial charge >= 0.3 is 0 Å². The van der Waals surface area contributed by atoms with E-state index in [4.69, 9.17) is 14.2 Å². The maximum absolute atomic E-state index is 13.6. The van der Waals surface area contributed by atoms with Crippen molar-refractivity contribution in [3.8, 4) is 17.2 Å². The Bertz CT molecular complexity index is 1320. The van der Waals surface area contributed by atoms with Crippen molar-refractivity contribution >= 4 is 31.6 Å². The number of benzene rings is 2. The van der Waals surface area contributed by atoms with Gasteiger partial charge < -0.3 is 14.2 Å². The van der Waals surface area contributed by atoms with Gasteiger partial charge in [-0.3, -0.25) is 4.79 Å². The molecule has 0 aromatic heterocycles. The number of amides is 1. The van der Waals surface area contributed by atoms with Crippen LogP contribution < -0.4 is 18.5 Å². The van der Waals surface area contributed by atoms with Crippen LogP contribution in [0.4, 0.5) is 5.69 Å². The molecule has 2 aromatic carbocycles. The first-order chi connectivity index (χ1) is 15.6. The minimum absolute atomic E-state index is 0.0271. The van der Waals surface area contributed by atoms with Gasteiger partial charge in [-0.25, -0.2) is 21.1 Å². The van der Waals surface area contributed by atoms with Gasteiger partial charge in [0.1, 0.15) is 10.6 Å². The summed E-state index contributed by atoms with van der Waals surface area (Å²) < 4.78 is 69.7.